The molecule has 6 heteroatoms. The summed E-state index contributed by atoms with van der Waals surface area (Å²) in [6, 6.07) is 12.0. The maximum Gasteiger partial charge on any atom is 0.317 e. The molecule has 0 spiro atoms. The summed E-state index contributed by atoms with van der Waals surface area (Å²) in [5.74, 6) is 1.79. The summed E-state index contributed by atoms with van der Waals surface area (Å²) in [4.78, 5) is 16.7. The standard InChI is InChI=1S/C21H27N3O3/c1-16-6-4-7-17(12-16)27-18-14-24(15-18)21(25)22-13-19(20-8-5-11-26-20)23-9-2-3-10-23/h4-8,11-12,18-19H,2-3,9-10,13-15H2,1H3,(H,22,25). The van der Waals surface area contributed by atoms with Gasteiger partial charge in [-0.15, -0.1) is 0 Å². The van der Waals surface area contributed by atoms with Crippen LogP contribution in [0.25, 0.3) is 0 Å². The number of amides is 2. The molecule has 1 N–H and O–H groups in total. The fourth-order valence-electron chi connectivity index (χ4n) is 3.80. The van der Waals surface area contributed by atoms with E-state index in [0.717, 1.165) is 24.6 Å². The van der Waals surface area contributed by atoms with Crippen molar-refractivity contribution in [1.29, 1.82) is 0 Å². The van der Waals surface area contributed by atoms with E-state index in [-0.39, 0.29) is 18.2 Å². The molecule has 2 fully saturated rings. The molecule has 27 heavy (non-hydrogen) atoms. The Hall–Kier alpha value is -2.47. The molecule has 1 atom stereocenters. The lowest BCUT2D eigenvalue weighted by atomic mass is 10.1. The third-order valence-corrected chi connectivity index (χ3v) is 5.33. The molecule has 0 saturated carbocycles. The second-order valence-electron chi connectivity index (χ2n) is 7.42. The van der Waals surface area contributed by atoms with E-state index >= 15 is 0 Å². The van der Waals surface area contributed by atoms with Crippen LogP contribution in [-0.4, -0.2) is 54.7 Å². The van der Waals surface area contributed by atoms with Crippen molar-refractivity contribution in [3.05, 3.63) is 54.0 Å². The van der Waals surface area contributed by atoms with Gasteiger partial charge in [0.25, 0.3) is 0 Å². The number of nitrogens with zero attached hydrogens (tertiary/aromatic N) is 2. The van der Waals surface area contributed by atoms with Gasteiger partial charge in [-0.1, -0.05) is 12.1 Å². The van der Waals surface area contributed by atoms with Crippen LogP contribution < -0.4 is 10.1 Å². The number of likely N-dealkylation sites (tertiary alicyclic amines) is 2. The maximum atomic E-state index is 12.5. The van der Waals surface area contributed by atoms with Crippen molar-refractivity contribution in [2.75, 3.05) is 32.7 Å². The molecule has 144 valence electrons. The highest BCUT2D eigenvalue weighted by molar-refractivity contribution is 5.75. The van der Waals surface area contributed by atoms with E-state index < -0.39 is 0 Å². The molecule has 2 amide bonds. The molecule has 6 nitrogen and oxygen atoms in total. The molecule has 2 saturated heterocycles. The first-order valence-electron chi connectivity index (χ1n) is 9.72. The van der Waals surface area contributed by atoms with Gasteiger partial charge in [-0.05, 0) is 62.7 Å². The topological polar surface area (TPSA) is 58.0 Å². The Bertz CT molecular complexity index is 750. The summed E-state index contributed by atoms with van der Waals surface area (Å²) >= 11 is 0. The van der Waals surface area contributed by atoms with Crippen molar-refractivity contribution in [1.82, 2.24) is 15.1 Å². The first kappa shape index (κ1) is 17.9. The van der Waals surface area contributed by atoms with Crippen LogP contribution in [-0.2, 0) is 0 Å². The van der Waals surface area contributed by atoms with Gasteiger partial charge in [0.1, 0.15) is 17.6 Å². The Kier molecular flexibility index (Phi) is 5.34. The van der Waals surface area contributed by atoms with Crippen molar-refractivity contribution < 1.29 is 13.9 Å². The van der Waals surface area contributed by atoms with E-state index in [9.17, 15) is 4.79 Å². The average molecular weight is 369 g/mol. The van der Waals surface area contributed by atoms with Crippen LogP contribution in [0.5, 0.6) is 5.75 Å². The Labute approximate surface area is 160 Å². The molecule has 4 rings (SSSR count). The highest BCUT2D eigenvalue weighted by Crippen LogP contribution is 2.25. The van der Waals surface area contributed by atoms with Gasteiger partial charge in [0, 0.05) is 6.54 Å². The van der Waals surface area contributed by atoms with E-state index in [1.54, 1.807) is 11.2 Å². The Balaban J connectivity index is 1.26. The fraction of sp³-hybridized carbons (Fsp3) is 0.476. The van der Waals surface area contributed by atoms with Gasteiger partial charge in [0.15, 0.2) is 0 Å². The predicted octanol–water partition coefficient (Wildman–Crippen LogP) is 3.20. The zero-order valence-electron chi connectivity index (χ0n) is 15.8. The second kappa shape index (κ2) is 8.05. The summed E-state index contributed by atoms with van der Waals surface area (Å²) in [6.07, 6.45) is 4.17. The molecule has 2 aliphatic rings. The second-order valence-corrected chi connectivity index (χ2v) is 7.42. The number of rotatable bonds is 6. The molecule has 2 aliphatic heterocycles. The van der Waals surface area contributed by atoms with Crippen molar-refractivity contribution in [2.24, 2.45) is 0 Å². The number of carbonyl (C=O) groups excluding carboxylic acids is 1. The largest absolute Gasteiger partial charge is 0.487 e. The minimum Gasteiger partial charge on any atom is -0.487 e. The smallest absolute Gasteiger partial charge is 0.317 e. The van der Waals surface area contributed by atoms with Crippen LogP contribution in [0.4, 0.5) is 4.79 Å². The zero-order valence-corrected chi connectivity index (χ0v) is 15.8. The highest BCUT2D eigenvalue weighted by Gasteiger charge is 2.33. The van der Waals surface area contributed by atoms with E-state index in [1.807, 2.05) is 43.3 Å². The zero-order chi connectivity index (χ0) is 18.6. The summed E-state index contributed by atoms with van der Waals surface area (Å²) in [6.45, 7) is 5.95. The Morgan fingerprint density at radius 2 is 2.07 bits per heavy atom. The Morgan fingerprint density at radius 3 is 2.78 bits per heavy atom. The third kappa shape index (κ3) is 4.27. The minimum absolute atomic E-state index is 0.0326. The van der Waals surface area contributed by atoms with Crippen LogP contribution in [0.3, 0.4) is 0 Å². The number of nitrogens with one attached hydrogen (secondary N) is 1. The van der Waals surface area contributed by atoms with Gasteiger partial charge < -0.3 is 19.4 Å². The van der Waals surface area contributed by atoms with Gasteiger partial charge in [0.05, 0.1) is 25.4 Å². The maximum absolute atomic E-state index is 12.5. The van der Waals surface area contributed by atoms with Crippen LogP contribution >= 0.6 is 0 Å². The fourth-order valence-corrected chi connectivity index (χ4v) is 3.80. The number of hydrogen-bond donors (Lipinski definition) is 1. The normalized spacial score (nSPS) is 18.9. The van der Waals surface area contributed by atoms with Gasteiger partial charge in [-0.2, -0.15) is 0 Å². The molecule has 0 radical (unpaired) electrons. The van der Waals surface area contributed by atoms with Crippen molar-refractivity contribution in [3.63, 3.8) is 0 Å². The number of carbonyl (C=O) groups is 1. The van der Waals surface area contributed by atoms with Gasteiger partial charge >= 0.3 is 6.03 Å². The lowest BCUT2D eigenvalue weighted by molar-refractivity contribution is 0.0436. The highest BCUT2D eigenvalue weighted by atomic mass is 16.5. The number of aryl methyl sites for hydroxylation is 1. The molecular formula is C21H27N3O3. The van der Waals surface area contributed by atoms with E-state index in [0.29, 0.717) is 19.6 Å². The van der Waals surface area contributed by atoms with Gasteiger partial charge in [-0.25, -0.2) is 4.79 Å². The lowest BCUT2D eigenvalue weighted by Gasteiger charge is -2.39. The SMILES string of the molecule is Cc1cccc(OC2CN(C(=O)NCC(c3ccco3)N3CCCC3)C2)c1. The predicted molar refractivity (Wildman–Crippen MR) is 103 cm³/mol. The number of ether oxygens (including phenoxy) is 1. The van der Waals surface area contributed by atoms with E-state index in [4.69, 9.17) is 9.15 Å². The quantitative estimate of drug-likeness (QED) is 0.850. The monoisotopic (exact) mass is 369 g/mol. The summed E-state index contributed by atoms with van der Waals surface area (Å²) < 4.78 is 11.5. The molecule has 3 heterocycles. The van der Waals surface area contributed by atoms with Crippen LogP contribution in [0.1, 0.15) is 30.2 Å². The van der Waals surface area contributed by atoms with Gasteiger partial charge in [0.2, 0.25) is 0 Å². The van der Waals surface area contributed by atoms with Gasteiger partial charge in [-0.3, -0.25) is 4.90 Å². The van der Waals surface area contributed by atoms with Crippen LogP contribution in [0.15, 0.2) is 47.1 Å². The van der Waals surface area contributed by atoms with Crippen molar-refractivity contribution >= 4 is 6.03 Å². The van der Waals surface area contributed by atoms with Crippen LogP contribution in [0, 0.1) is 6.92 Å². The molecule has 1 aromatic heterocycles. The van der Waals surface area contributed by atoms with E-state index in [1.165, 1.54) is 18.4 Å². The number of benzene rings is 1. The first-order chi connectivity index (χ1) is 13.2. The summed E-state index contributed by atoms with van der Waals surface area (Å²) in [5.41, 5.74) is 1.17. The minimum atomic E-state index is -0.0326. The summed E-state index contributed by atoms with van der Waals surface area (Å²) in [7, 11) is 0. The molecule has 0 aliphatic carbocycles. The Morgan fingerprint density at radius 1 is 1.26 bits per heavy atom. The molecule has 0 bridgehead atoms. The third-order valence-electron chi connectivity index (χ3n) is 5.33. The van der Waals surface area contributed by atoms with Crippen molar-refractivity contribution in [2.45, 2.75) is 31.9 Å². The van der Waals surface area contributed by atoms with E-state index in [2.05, 4.69) is 10.2 Å². The average Bonchev–Trinajstić information content (AvgIpc) is 3.32. The number of urea groups is 1. The van der Waals surface area contributed by atoms with Crippen LogP contribution in [0.2, 0.25) is 0 Å². The number of hydrogen-bond acceptors (Lipinski definition) is 4. The molecule has 1 aromatic carbocycles. The summed E-state index contributed by atoms with van der Waals surface area (Å²) in [5, 5.41) is 3.07. The van der Waals surface area contributed by atoms with Crippen molar-refractivity contribution in [3.8, 4) is 5.75 Å². The number of furan rings is 1. The molecule has 2 aromatic rings. The molecular weight excluding hydrogens is 342 g/mol. The molecule has 1 unspecified atom stereocenters. The first-order valence-corrected chi connectivity index (χ1v) is 9.72. The lowest BCUT2D eigenvalue weighted by Crippen LogP contribution is -2.59.